The Bertz CT molecular complexity index is 915. The van der Waals surface area contributed by atoms with Crippen molar-refractivity contribution in [3.8, 4) is 17.2 Å². The van der Waals surface area contributed by atoms with Crippen molar-refractivity contribution in [3.63, 3.8) is 0 Å². The number of ether oxygens (including phenoxy) is 2. The zero-order chi connectivity index (χ0) is 21.0. The molecule has 2 aromatic carbocycles. The van der Waals surface area contributed by atoms with E-state index in [1.807, 2.05) is 6.07 Å². The highest BCUT2D eigenvalue weighted by atomic mass is 19.4. The van der Waals surface area contributed by atoms with E-state index in [0.717, 1.165) is 17.7 Å². The summed E-state index contributed by atoms with van der Waals surface area (Å²) in [5.41, 5.74) is 0.666. The summed E-state index contributed by atoms with van der Waals surface area (Å²) in [6.45, 7) is 2.21. The number of alkyl halides is 3. The first-order valence-corrected chi connectivity index (χ1v) is 8.92. The van der Waals surface area contributed by atoms with Gasteiger partial charge in [-0.2, -0.15) is 0 Å². The molecule has 6 nitrogen and oxygen atoms in total. The predicted molar refractivity (Wildman–Crippen MR) is 97.9 cm³/mol. The van der Waals surface area contributed by atoms with Crippen molar-refractivity contribution in [2.75, 3.05) is 6.54 Å². The minimum absolute atomic E-state index is 0.0755. The van der Waals surface area contributed by atoms with E-state index in [-0.39, 0.29) is 23.6 Å². The standard InChI is InChI=1S/C20H19F3N2O4/c1-12-4-2-3-5-16(12)28-17-7-6-14(29-20(21,22)23)11-15(17)19(27)25-13-8-9-24-18(26)10-13/h2-7,11,13H,8-10H2,1H3,(H,24,26)(H,25,27). The molecular formula is C20H19F3N2O4. The highest BCUT2D eigenvalue weighted by Gasteiger charge is 2.32. The number of para-hydroxylation sites is 1. The predicted octanol–water partition coefficient (Wildman–Crippen LogP) is 3.69. The Morgan fingerprint density at radius 3 is 2.62 bits per heavy atom. The first-order chi connectivity index (χ1) is 13.7. The van der Waals surface area contributed by atoms with E-state index in [4.69, 9.17) is 4.74 Å². The third-order valence-electron chi connectivity index (χ3n) is 4.32. The summed E-state index contributed by atoms with van der Waals surface area (Å²) in [6.07, 6.45) is -4.28. The molecule has 0 bridgehead atoms. The van der Waals surface area contributed by atoms with E-state index >= 15 is 0 Å². The van der Waals surface area contributed by atoms with Gasteiger partial charge in [0.2, 0.25) is 5.91 Å². The van der Waals surface area contributed by atoms with Crippen molar-refractivity contribution in [2.45, 2.75) is 32.2 Å². The maximum Gasteiger partial charge on any atom is 0.573 e. The van der Waals surface area contributed by atoms with Crippen molar-refractivity contribution < 1.29 is 32.2 Å². The number of rotatable bonds is 5. The van der Waals surface area contributed by atoms with Crippen molar-refractivity contribution >= 4 is 11.8 Å². The van der Waals surface area contributed by atoms with Crippen LogP contribution in [0.2, 0.25) is 0 Å². The van der Waals surface area contributed by atoms with Crippen molar-refractivity contribution in [3.05, 3.63) is 53.6 Å². The number of carbonyl (C=O) groups excluding carboxylic acids is 2. The molecule has 2 aromatic rings. The van der Waals surface area contributed by atoms with Crippen LogP contribution in [0, 0.1) is 6.92 Å². The molecule has 1 atom stereocenters. The average molecular weight is 408 g/mol. The van der Waals surface area contributed by atoms with Gasteiger partial charge in [0.05, 0.1) is 5.56 Å². The molecule has 1 heterocycles. The maximum atomic E-state index is 12.8. The Hall–Kier alpha value is -3.23. The van der Waals surface area contributed by atoms with Crippen LogP contribution >= 0.6 is 0 Å². The van der Waals surface area contributed by atoms with Gasteiger partial charge in [0, 0.05) is 19.0 Å². The average Bonchev–Trinajstić information content (AvgIpc) is 2.63. The molecule has 1 aliphatic rings. The van der Waals surface area contributed by atoms with Gasteiger partial charge in [-0.15, -0.1) is 13.2 Å². The van der Waals surface area contributed by atoms with Crippen LogP contribution in [0.15, 0.2) is 42.5 Å². The van der Waals surface area contributed by atoms with Crippen molar-refractivity contribution in [2.24, 2.45) is 0 Å². The van der Waals surface area contributed by atoms with Crippen LogP contribution in [-0.4, -0.2) is 30.8 Å². The molecule has 0 saturated carbocycles. The fourth-order valence-corrected chi connectivity index (χ4v) is 2.93. The van der Waals surface area contributed by atoms with E-state index in [9.17, 15) is 22.8 Å². The zero-order valence-corrected chi connectivity index (χ0v) is 15.5. The lowest BCUT2D eigenvalue weighted by Gasteiger charge is -2.23. The molecule has 0 aliphatic carbocycles. The summed E-state index contributed by atoms with van der Waals surface area (Å²) in [6, 6.07) is 9.91. The number of hydrogen-bond donors (Lipinski definition) is 2. The van der Waals surface area contributed by atoms with Crippen molar-refractivity contribution in [1.82, 2.24) is 10.6 Å². The normalized spacial score (nSPS) is 16.7. The zero-order valence-electron chi connectivity index (χ0n) is 15.5. The Morgan fingerprint density at radius 1 is 1.17 bits per heavy atom. The van der Waals surface area contributed by atoms with Gasteiger partial charge >= 0.3 is 6.36 Å². The van der Waals surface area contributed by atoms with Crippen LogP contribution in [0.1, 0.15) is 28.8 Å². The summed E-state index contributed by atoms with van der Waals surface area (Å²) in [5, 5.41) is 5.33. The highest BCUT2D eigenvalue weighted by molar-refractivity contribution is 5.98. The van der Waals surface area contributed by atoms with Gasteiger partial charge < -0.3 is 20.1 Å². The fourth-order valence-electron chi connectivity index (χ4n) is 2.93. The number of aryl methyl sites for hydroxylation is 1. The lowest BCUT2D eigenvalue weighted by molar-refractivity contribution is -0.274. The number of piperidine rings is 1. The number of amides is 2. The van der Waals surface area contributed by atoms with Gasteiger partial charge in [-0.1, -0.05) is 18.2 Å². The summed E-state index contributed by atoms with van der Waals surface area (Å²) >= 11 is 0. The Kier molecular flexibility index (Phi) is 5.95. The minimum atomic E-state index is -4.90. The van der Waals surface area contributed by atoms with Crippen LogP contribution in [0.4, 0.5) is 13.2 Å². The molecule has 3 rings (SSSR count). The molecule has 1 aliphatic heterocycles. The van der Waals surface area contributed by atoms with Crippen LogP contribution < -0.4 is 20.1 Å². The Morgan fingerprint density at radius 2 is 1.93 bits per heavy atom. The first-order valence-electron chi connectivity index (χ1n) is 8.92. The lowest BCUT2D eigenvalue weighted by Crippen LogP contribution is -2.45. The van der Waals surface area contributed by atoms with E-state index in [1.165, 1.54) is 6.07 Å². The Balaban J connectivity index is 1.89. The highest BCUT2D eigenvalue weighted by Crippen LogP contribution is 2.32. The number of nitrogens with one attached hydrogen (secondary N) is 2. The smallest absolute Gasteiger partial charge is 0.456 e. The van der Waals surface area contributed by atoms with Gasteiger partial charge in [-0.05, 0) is 43.2 Å². The van der Waals surface area contributed by atoms with Gasteiger partial charge in [0.15, 0.2) is 0 Å². The number of hydrogen-bond acceptors (Lipinski definition) is 4. The van der Waals surface area contributed by atoms with E-state index in [2.05, 4.69) is 15.4 Å². The van der Waals surface area contributed by atoms with Crippen molar-refractivity contribution in [1.29, 1.82) is 0 Å². The molecule has 0 spiro atoms. The molecule has 0 radical (unpaired) electrons. The number of benzene rings is 2. The summed E-state index contributed by atoms with van der Waals surface area (Å²) in [7, 11) is 0. The molecule has 1 unspecified atom stereocenters. The molecule has 0 aromatic heterocycles. The molecule has 1 fully saturated rings. The van der Waals surface area contributed by atoms with Crippen LogP contribution in [-0.2, 0) is 4.79 Å². The second-order valence-electron chi connectivity index (χ2n) is 6.59. The molecule has 2 N–H and O–H groups in total. The van der Waals surface area contributed by atoms with Crippen LogP contribution in [0.25, 0.3) is 0 Å². The third-order valence-corrected chi connectivity index (χ3v) is 4.32. The largest absolute Gasteiger partial charge is 0.573 e. The third kappa shape index (κ3) is 5.63. The first kappa shape index (κ1) is 20.5. The van der Waals surface area contributed by atoms with E-state index in [1.54, 1.807) is 25.1 Å². The quantitative estimate of drug-likeness (QED) is 0.791. The van der Waals surface area contributed by atoms with Gasteiger partial charge in [-0.3, -0.25) is 9.59 Å². The molecule has 2 amide bonds. The summed E-state index contributed by atoms with van der Waals surface area (Å²) in [4.78, 5) is 24.3. The summed E-state index contributed by atoms with van der Waals surface area (Å²) in [5.74, 6) is -0.858. The molecule has 1 saturated heterocycles. The molecular weight excluding hydrogens is 389 g/mol. The minimum Gasteiger partial charge on any atom is -0.456 e. The SMILES string of the molecule is Cc1ccccc1Oc1ccc(OC(F)(F)F)cc1C(=O)NC1CCNC(=O)C1. The topological polar surface area (TPSA) is 76.7 Å². The van der Waals surface area contributed by atoms with Crippen LogP contribution in [0.5, 0.6) is 17.2 Å². The fraction of sp³-hybridized carbons (Fsp3) is 0.300. The van der Waals surface area contributed by atoms with Gasteiger partial charge in [-0.25, -0.2) is 0 Å². The monoisotopic (exact) mass is 408 g/mol. The van der Waals surface area contributed by atoms with Gasteiger partial charge in [0.1, 0.15) is 17.2 Å². The number of halogens is 3. The van der Waals surface area contributed by atoms with Gasteiger partial charge in [0.25, 0.3) is 5.91 Å². The second-order valence-corrected chi connectivity index (χ2v) is 6.59. The molecule has 154 valence electrons. The van der Waals surface area contributed by atoms with Crippen LogP contribution in [0.3, 0.4) is 0 Å². The molecule has 29 heavy (non-hydrogen) atoms. The lowest BCUT2D eigenvalue weighted by atomic mass is 10.0. The number of carbonyl (C=O) groups is 2. The maximum absolute atomic E-state index is 12.8. The Labute approximate surface area is 165 Å². The summed E-state index contributed by atoms with van der Waals surface area (Å²) < 4.78 is 47.5. The van der Waals surface area contributed by atoms with E-state index in [0.29, 0.717) is 18.7 Å². The van der Waals surface area contributed by atoms with E-state index < -0.39 is 24.1 Å². The molecule has 9 heteroatoms. The second kappa shape index (κ2) is 8.42.